The van der Waals surface area contributed by atoms with Crippen LogP contribution in [-0.2, 0) is 0 Å². The molecule has 1 aliphatic heterocycles. The first-order valence-electron chi connectivity index (χ1n) is 6.75. The van der Waals surface area contributed by atoms with Crippen molar-refractivity contribution in [2.24, 2.45) is 16.3 Å². The first-order chi connectivity index (χ1) is 8.96. The van der Waals surface area contributed by atoms with Crippen molar-refractivity contribution in [3.05, 3.63) is 29.2 Å². The Morgan fingerprint density at radius 2 is 2.21 bits per heavy atom. The van der Waals surface area contributed by atoms with Crippen LogP contribution in [0.4, 0.5) is 0 Å². The van der Waals surface area contributed by atoms with Crippen molar-refractivity contribution >= 4 is 11.8 Å². The van der Waals surface area contributed by atoms with Gasteiger partial charge in [0.2, 0.25) is 0 Å². The highest BCUT2D eigenvalue weighted by Crippen LogP contribution is 2.45. The van der Waals surface area contributed by atoms with E-state index in [0.29, 0.717) is 12.3 Å². The molecule has 0 spiro atoms. The molecular formula is C16H21N3. The minimum Gasteiger partial charge on any atom is -0.361 e. The predicted octanol–water partition coefficient (Wildman–Crippen LogP) is 4.08. The van der Waals surface area contributed by atoms with Gasteiger partial charge in [0.1, 0.15) is 0 Å². The second-order valence-electron chi connectivity index (χ2n) is 5.83. The summed E-state index contributed by atoms with van der Waals surface area (Å²) in [5.74, 6) is 0.369. The molecule has 1 aromatic rings. The van der Waals surface area contributed by atoms with Crippen LogP contribution >= 0.6 is 0 Å². The molecule has 1 N–H and O–H groups in total. The van der Waals surface area contributed by atoms with Crippen molar-refractivity contribution in [3.8, 4) is 6.07 Å². The largest absolute Gasteiger partial charge is 0.361 e. The number of H-pyrrole nitrogens is 1. The van der Waals surface area contributed by atoms with Crippen molar-refractivity contribution in [1.29, 1.82) is 5.26 Å². The van der Waals surface area contributed by atoms with Gasteiger partial charge in [-0.1, -0.05) is 13.8 Å². The van der Waals surface area contributed by atoms with Crippen LogP contribution in [0.2, 0.25) is 0 Å². The summed E-state index contributed by atoms with van der Waals surface area (Å²) in [6.45, 7) is 8.61. The number of nitrogens with one attached hydrogen (secondary N) is 1. The fraction of sp³-hybridized carbons (Fsp3) is 0.500. The maximum Gasteiger partial charge on any atom is 0.0621 e. The Bertz CT molecular complexity index is 567. The molecule has 0 radical (unpaired) electrons. The Morgan fingerprint density at radius 3 is 2.79 bits per heavy atom. The van der Waals surface area contributed by atoms with E-state index in [1.165, 1.54) is 5.56 Å². The van der Waals surface area contributed by atoms with Crippen LogP contribution in [0.5, 0.6) is 0 Å². The van der Waals surface area contributed by atoms with Crippen molar-refractivity contribution in [1.82, 2.24) is 4.98 Å². The molecule has 0 aliphatic carbocycles. The molecule has 1 atom stereocenters. The maximum atomic E-state index is 8.78. The highest BCUT2D eigenvalue weighted by molar-refractivity contribution is 5.90. The van der Waals surface area contributed by atoms with Gasteiger partial charge in [-0.25, -0.2) is 0 Å². The van der Waals surface area contributed by atoms with Crippen molar-refractivity contribution in [3.63, 3.8) is 0 Å². The average molecular weight is 255 g/mol. The van der Waals surface area contributed by atoms with E-state index in [9.17, 15) is 0 Å². The normalized spacial score (nSPS) is 23.4. The Morgan fingerprint density at radius 1 is 1.47 bits per heavy atom. The van der Waals surface area contributed by atoms with E-state index in [0.717, 1.165) is 23.5 Å². The van der Waals surface area contributed by atoms with E-state index in [1.807, 2.05) is 6.20 Å². The zero-order valence-corrected chi connectivity index (χ0v) is 12.1. The van der Waals surface area contributed by atoms with Gasteiger partial charge >= 0.3 is 0 Å². The van der Waals surface area contributed by atoms with Crippen molar-refractivity contribution < 1.29 is 0 Å². The molecule has 2 rings (SSSR count). The zero-order chi connectivity index (χ0) is 14.0. The zero-order valence-electron chi connectivity index (χ0n) is 12.1. The fourth-order valence-corrected chi connectivity index (χ4v) is 2.86. The average Bonchev–Trinajstić information content (AvgIpc) is 2.82. The van der Waals surface area contributed by atoms with Crippen molar-refractivity contribution in [2.75, 3.05) is 0 Å². The third-order valence-electron chi connectivity index (χ3n) is 4.16. The Balaban J connectivity index is 2.32. The van der Waals surface area contributed by atoms with E-state index < -0.39 is 0 Å². The van der Waals surface area contributed by atoms with Crippen LogP contribution in [0, 0.1) is 29.6 Å². The van der Waals surface area contributed by atoms with Crippen LogP contribution in [0.15, 0.2) is 23.0 Å². The van der Waals surface area contributed by atoms with Crippen LogP contribution < -0.4 is 0 Å². The van der Waals surface area contributed by atoms with E-state index in [2.05, 4.69) is 50.9 Å². The predicted molar refractivity (Wildman–Crippen MR) is 78.7 cm³/mol. The van der Waals surface area contributed by atoms with Gasteiger partial charge in [-0.05, 0) is 38.0 Å². The number of aromatic amines is 1. The molecule has 1 aromatic heterocycles. The molecular weight excluding hydrogens is 234 g/mol. The quantitative estimate of drug-likeness (QED) is 0.869. The molecule has 100 valence electrons. The lowest BCUT2D eigenvalue weighted by Gasteiger charge is -2.27. The molecule has 0 aromatic carbocycles. The molecule has 2 heterocycles. The van der Waals surface area contributed by atoms with E-state index >= 15 is 0 Å². The lowest BCUT2D eigenvalue weighted by atomic mass is 9.74. The van der Waals surface area contributed by atoms with Crippen LogP contribution in [-0.4, -0.2) is 10.7 Å². The van der Waals surface area contributed by atoms with Gasteiger partial charge in [0.15, 0.2) is 0 Å². The number of aromatic nitrogens is 1. The molecule has 3 nitrogen and oxygen atoms in total. The minimum absolute atomic E-state index is 0.00150. The third kappa shape index (κ3) is 2.49. The van der Waals surface area contributed by atoms with E-state index in [-0.39, 0.29) is 5.41 Å². The highest BCUT2D eigenvalue weighted by atomic mass is 14.9. The van der Waals surface area contributed by atoms with Gasteiger partial charge in [0.05, 0.1) is 6.07 Å². The Labute approximate surface area is 115 Å². The second-order valence-corrected chi connectivity index (χ2v) is 5.83. The van der Waals surface area contributed by atoms with Gasteiger partial charge in [0.25, 0.3) is 0 Å². The summed E-state index contributed by atoms with van der Waals surface area (Å²) in [7, 11) is 0. The number of allylic oxidation sites excluding steroid dienone is 1. The molecule has 1 unspecified atom stereocenters. The molecule has 0 amide bonds. The topological polar surface area (TPSA) is 51.9 Å². The number of aliphatic imine (C=N–C) groups is 1. The van der Waals surface area contributed by atoms with E-state index in [4.69, 9.17) is 10.3 Å². The monoisotopic (exact) mass is 255 g/mol. The Kier molecular flexibility index (Phi) is 3.61. The number of nitriles is 1. The van der Waals surface area contributed by atoms with Gasteiger partial charge in [0, 0.05) is 41.1 Å². The molecule has 3 heteroatoms. The molecule has 19 heavy (non-hydrogen) atoms. The highest BCUT2D eigenvalue weighted by Gasteiger charge is 2.39. The van der Waals surface area contributed by atoms with E-state index in [1.54, 1.807) is 0 Å². The lowest BCUT2D eigenvalue weighted by Crippen LogP contribution is -2.24. The molecule has 0 saturated carbocycles. The van der Waals surface area contributed by atoms with Gasteiger partial charge < -0.3 is 4.98 Å². The van der Waals surface area contributed by atoms with Gasteiger partial charge in [-0.3, -0.25) is 4.99 Å². The summed E-state index contributed by atoms with van der Waals surface area (Å²) in [5, 5.41) is 8.78. The molecule has 0 saturated heterocycles. The number of aryl methyl sites for hydroxylation is 1. The maximum absolute atomic E-state index is 8.78. The summed E-state index contributed by atoms with van der Waals surface area (Å²) in [6.07, 6.45) is 5.58. The molecule has 1 aliphatic rings. The van der Waals surface area contributed by atoms with Crippen LogP contribution in [0.3, 0.4) is 0 Å². The van der Waals surface area contributed by atoms with Crippen molar-refractivity contribution in [2.45, 2.75) is 40.5 Å². The summed E-state index contributed by atoms with van der Waals surface area (Å²) < 4.78 is 0. The van der Waals surface area contributed by atoms with Crippen LogP contribution in [0.1, 0.15) is 44.9 Å². The smallest absolute Gasteiger partial charge is 0.0621 e. The fourth-order valence-electron chi connectivity index (χ4n) is 2.86. The number of rotatable bonds is 3. The second kappa shape index (κ2) is 5.05. The molecule has 0 fully saturated rings. The lowest BCUT2D eigenvalue weighted by molar-refractivity contribution is 0.345. The van der Waals surface area contributed by atoms with Gasteiger partial charge in [-0.2, -0.15) is 5.26 Å². The summed E-state index contributed by atoms with van der Waals surface area (Å²) >= 11 is 0. The summed E-state index contributed by atoms with van der Waals surface area (Å²) in [5.41, 5.74) is 4.62. The number of hydrogen-bond acceptors (Lipinski definition) is 2. The first kappa shape index (κ1) is 13.6. The Hall–Kier alpha value is -1.82. The first-order valence-corrected chi connectivity index (χ1v) is 6.75. The van der Waals surface area contributed by atoms with Crippen LogP contribution in [0.25, 0.3) is 6.08 Å². The minimum atomic E-state index is -0.00150. The SMILES string of the molecule is CC1=N/C(=C\c2[nH]ccc2C)C(C)(C)C1CCC#N. The number of nitrogens with zero attached hydrogens (tertiary/aromatic N) is 2. The number of hydrogen-bond donors (Lipinski definition) is 1. The summed E-state index contributed by atoms with van der Waals surface area (Å²) in [6, 6.07) is 4.31. The van der Waals surface area contributed by atoms with Gasteiger partial charge in [-0.15, -0.1) is 0 Å². The summed E-state index contributed by atoms with van der Waals surface area (Å²) in [4.78, 5) is 7.98. The molecule has 0 bridgehead atoms. The third-order valence-corrected chi connectivity index (χ3v) is 4.16. The standard InChI is InChI=1S/C16H21N3/c1-11-7-9-18-14(11)10-15-16(3,4)13(6-5-8-17)12(2)19-15/h7,9-10,13,18H,5-6H2,1-4H3/b15-10-.